The van der Waals surface area contributed by atoms with E-state index in [2.05, 4.69) is 28.5 Å². The Morgan fingerprint density at radius 1 is 1.54 bits per heavy atom. The number of aliphatic imine (C=N–C) groups is 1. The van der Waals surface area contributed by atoms with Gasteiger partial charge in [-0.3, -0.25) is 9.79 Å². The lowest BCUT2D eigenvalue weighted by Gasteiger charge is -2.40. The molecule has 1 atom stereocenters. The molecule has 1 unspecified atom stereocenters. The first-order valence-corrected chi connectivity index (χ1v) is 9.84. The molecule has 2 N–H and O–H groups in total. The molecule has 1 aromatic rings. The number of thiophene rings is 1. The number of guanidine groups is 1. The molecule has 2 fully saturated rings. The Morgan fingerprint density at radius 3 is 3.08 bits per heavy atom. The average Bonchev–Trinajstić information content (AvgIpc) is 3.13. The standard InChI is InChI=1S/C17H25ClN4OS/c1-2-19-16(20-8-6-13-4-5-14(18)24-13)22-9-3-7-17(12-22)10-15(23)21-11-17/h4-5H,2-3,6-12H2,1H3,(H,19,20)(H,21,23). The molecule has 2 saturated heterocycles. The molecule has 0 aliphatic carbocycles. The number of rotatable bonds is 4. The lowest BCUT2D eigenvalue weighted by molar-refractivity contribution is -0.119. The van der Waals surface area contributed by atoms with Crippen LogP contribution < -0.4 is 10.6 Å². The summed E-state index contributed by atoms with van der Waals surface area (Å²) in [6.45, 7) is 6.41. The number of carbonyl (C=O) groups excluding carboxylic acids is 1. The highest BCUT2D eigenvalue weighted by molar-refractivity contribution is 7.16. The van der Waals surface area contributed by atoms with Gasteiger partial charge in [-0.1, -0.05) is 11.6 Å². The first-order valence-electron chi connectivity index (χ1n) is 8.64. The maximum atomic E-state index is 11.7. The largest absolute Gasteiger partial charge is 0.357 e. The van der Waals surface area contributed by atoms with Crippen molar-refractivity contribution in [3.8, 4) is 0 Å². The highest BCUT2D eigenvalue weighted by atomic mass is 35.5. The number of nitrogens with one attached hydrogen (secondary N) is 2. The number of nitrogens with zero attached hydrogens (tertiary/aromatic N) is 2. The molecule has 0 saturated carbocycles. The molecule has 7 heteroatoms. The third-order valence-electron chi connectivity index (χ3n) is 4.74. The van der Waals surface area contributed by atoms with Crippen LogP contribution in [0.2, 0.25) is 4.34 Å². The molecular formula is C17H25ClN4OS. The van der Waals surface area contributed by atoms with Crippen molar-refractivity contribution >= 4 is 34.8 Å². The van der Waals surface area contributed by atoms with Gasteiger partial charge in [0.1, 0.15) is 0 Å². The SMILES string of the molecule is CCNC(=NCCc1ccc(Cl)s1)N1CCCC2(CNC(=O)C2)C1. The molecule has 1 aromatic heterocycles. The fourth-order valence-corrected chi connectivity index (χ4v) is 4.69. The van der Waals surface area contributed by atoms with Gasteiger partial charge in [-0.15, -0.1) is 11.3 Å². The van der Waals surface area contributed by atoms with E-state index < -0.39 is 0 Å². The fourth-order valence-electron chi connectivity index (χ4n) is 3.61. The molecular weight excluding hydrogens is 344 g/mol. The quantitative estimate of drug-likeness (QED) is 0.634. The van der Waals surface area contributed by atoms with Gasteiger partial charge < -0.3 is 15.5 Å². The Balaban J connectivity index is 1.63. The van der Waals surface area contributed by atoms with Crippen molar-refractivity contribution in [3.05, 3.63) is 21.3 Å². The van der Waals surface area contributed by atoms with Crippen molar-refractivity contribution < 1.29 is 4.79 Å². The number of carbonyl (C=O) groups is 1. The van der Waals surface area contributed by atoms with E-state index in [0.717, 1.165) is 62.3 Å². The summed E-state index contributed by atoms with van der Waals surface area (Å²) in [5, 5.41) is 6.41. The minimum Gasteiger partial charge on any atom is -0.357 e. The summed E-state index contributed by atoms with van der Waals surface area (Å²) in [5.74, 6) is 1.16. The van der Waals surface area contributed by atoms with Crippen LogP contribution in [0.5, 0.6) is 0 Å². The van der Waals surface area contributed by atoms with Crippen molar-refractivity contribution in [1.82, 2.24) is 15.5 Å². The van der Waals surface area contributed by atoms with Crippen LogP contribution in [-0.4, -0.2) is 49.5 Å². The predicted octanol–water partition coefficient (Wildman–Crippen LogP) is 2.51. The minimum atomic E-state index is 0.0901. The summed E-state index contributed by atoms with van der Waals surface area (Å²) in [7, 11) is 0. The molecule has 2 aliphatic rings. The zero-order chi connectivity index (χ0) is 17.0. The van der Waals surface area contributed by atoms with Gasteiger partial charge in [0.15, 0.2) is 5.96 Å². The van der Waals surface area contributed by atoms with E-state index in [9.17, 15) is 4.79 Å². The Morgan fingerprint density at radius 2 is 2.42 bits per heavy atom. The molecule has 1 amide bonds. The van der Waals surface area contributed by atoms with Crippen LogP contribution in [-0.2, 0) is 11.2 Å². The molecule has 0 aromatic carbocycles. The van der Waals surface area contributed by atoms with Crippen LogP contribution in [0.1, 0.15) is 31.1 Å². The van der Waals surface area contributed by atoms with Crippen molar-refractivity contribution in [2.24, 2.45) is 10.4 Å². The Bertz CT molecular complexity index is 617. The van der Waals surface area contributed by atoms with Gasteiger partial charge in [0.25, 0.3) is 0 Å². The van der Waals surface area contributed by atoms with E-state index >= 15 is 0 Å². The van der Waals surface area contributed by atoms with Gasteiger partial charge in [0, 0.05) is 55.9 Å². The molecule has 5 nitrogen and oxygen atoms in total. The summed E-state index contributed by atoms with van der Waals surface area (Å²) < 4.78 is 0.831. The molecule has 3 rings (SSSR count). The monoisotopic (exact) mass is 368 g/mol. The normalized spacial score (nSPS) is 24.5. The molecule has 1 spiro atoms. The van der Waals surface area contributed by atoms with Gasteiger partial charge in [-0.25, -0.2) is 0 Å². The van der Waals surface area contributed by atoms with Crippen LogP contribution >= 0.6 is 22.9 Å². The van der Waals surface area contributed by atoms with Crippen LogP contribution in [0.25, 0.3) is 0 Å². The van der Waals surface area contributed by atoms with Gasteiger partial charge in [-0.05, 0) is 31.9 Å². The van der Waals surface area contributed by atoms with E-state index in [0.29, 0.717) is 6.42 Å². The predicted molar refractivity (Wildman–Crippen MR) is 99.9 cm³/mol. The maximum absolute atomic E-state index is 11.7. The van der Waals surface area contributed by atoms with Crippen LogP contribution in [0.15, 0.2) is 17.1 Å². The number of amides is 1. The number of hydrogen-bond acceptors (Lipinski definition) is 3. The van der Waals surface area contributed by atoms with Crippen molar-refractivity contribution in [1.29, 1.82) is 0 Å². The number of hydrogen-bond donors (Lipinski definition) is 2. The summed E-state index contributed by atoms with van der Waals surface area (Å²) in [5.41, 5.74) is 0.0901. The van der Waals surface area contributed by atoms with Gasteiger partial charge in [0.05, 0.1) is 4.34 Å². The Hall–Kier alpha value is -1.27. The topological polar surface area (TPSA) is 56.7 Å². The van der Waals surface area contributed by atoms with Gasteiger partial charge >= 0.3 is 0 Å². The summed E-state index contributed by atoms with van der Waals surface area (Å²) in [6, 6.07) is 4.01. The second-order valence-electron chi connectivity index (χ2n) is 6.67. The van der Waals surface area contributed by atoms with Gasteiger partial charge in [-0.2, -0.15) is 0 Å². The lowest BCUT2D eigenvalue weighted by Crippen LogP contribution is -2.51. The third-order valence-corrected chi connectivity index (χ3v) is 6.03. The van der Waals surface area contributed by atoms with Crippen LogP contribution in [0.4, 0.5) is 0 Å². The zero-order valence-corrected chi connectivity index (χ0v) is 15.7. The lowest BCUT2D eigenvalue weighted by atomic mass is 9.79. The molecule has 0 radical (unpaired) electrons. The second-order valence-corrected chi connectivity index (χ2v) is 8.47. The van der Waals surface area contributed by atoms with Crippen molar-refractivity contribution in [2.45, 2.75) is 32.6 Å². The second kappa shape index (κ2) is 7.74. The van der Waals surface area contributed by atoms with E-state index in [-0.39, 0.29) is 11.3 Å². The fraction of sp³-hybridized carbons (Fsp3) is 0.647. The molecule has 24 heavy (non-hydrogen) atoms. The van der Waals surface area contributed by atoms with E-state index in [1.165, 1.54) is 4.88 Å². The highest BCUT2D eigenvalue weighted by Gasteiger charge is 2.42. The van der Waals surface area contributed by atoms with E-state index in [4.69, 9.17) is 16.6 Å². The van der Waals surface area contributed by atoms with Gasteiger partial charge in [0.2, 0.25) is 5.91 Å². The van der Waals surface area contributed by atoms with Crippen molar-refractivity contribution in [2.75, 3.05) is 32.7 Å². The zero-order valence-electron chi connectivity index (χ0n) is 14.1. The number of piperidine rings is 1. The smallest absolute Gasteiger partial charge is 0.220 e. The highest BCUT2D eigenvalue weighted by Crippen LogP contribution is 2.36. The molecule has 0 bridgehead atoms. The Kier molecular flexibility index (Phi) is 5.66. The summed E-state index contributed by atoms with van der Waals surface area (Å²) in [4.78, 5) is 20.1. The molecule has 132 valence electrons. The minimum absolute atomic E-state index is 0.0901. The molecule has 3 heterocycles. The maximum Gasteiger partial charge on any atom is 0.220 e. The first kappa shape index (κ1) is 17.5. The van der Waals surface area contributed by atoms with Crippen molar-refractivity contribution in [3.63, 3.8) is 0 Å². The Labute approximate surface area is 152 Å². The summed E-state index contributed by atoms with van der Waals surface area (Å²) in [6.07, 6.45) is 3.79. The average molecular weight is 369 g/mol. The number of likely N-dealkylation sites (tertiary alicyclic amines) is 1. The van der Waals surface area contributed by atoms with Crippen LogP contribution in [0, 0.1) is 5.41 Å². The van der Waals surface area contributed by atoms with Crippen LogP contribution in [0.3, 0.4) is 0 Å². The summed E-state index contributed by atoms with van der Waals surface area (Å²) >= 11 is 7.60. The van der Waals surface area contributed by atoms with E-state index in [1.54, 1.807) is 11.3 Å². The first-order chi connectivity index (χ1) is 11.6. The third kappa shape index (κ3) is 4.22. The van der Waals surface area contributed by atoms with E-state index in [1.807, 2.05) is 6.07 Å². The molecule has 2 aliphatic heterocycles. The number of halogens is 1.